The predicted octanol–water partition coefficient (Wildman–Crippen LogP) is 2.87. The van der Waals surface area contributed by atoms with Gasteiger partial charge in [0, 0.05) is 30.5 Å². The molecule has 2 heterocycles. The summed E-state index contributed by atoms with van der Waals surface area (Å²) in [5, 5.41) is 11.8. The molecule has 2 aromatic carbocycles. The normalized spacial score (nSPS) is 16.2. The smallest absolute Gasteiger partial charge is 0.231 e. The van der Waals surface area contributed by atoms with Crippen molar-refractivity contribution in [1.29, 1.82) is 0 Å². The van der Waals surface area contributed by atoms with Crippen molar-refractivity contribution < 1.29 is 8.42 Å². The summed E-state index contributed by atoms with van der Waals surface area (Å²) < 4.78 is 22.7. The summed E-state index contributed by atoms with van der Waals surface area (Å²) in [6.07, 6.45) is 4.68. The predicted molar refractivity (Wildman–Crippen MR) is 126 cm³/mol. The van der Waals surface area contributed by atoms with Crippen LogP contribution in [0.2, 0.25) is 0 Å². The Morgan fingerprint density at radius 2 is 1.88 bits per heavy atom. The van der Waals surface area contributed by atoms with Crippen LogP contribution in [0.5, 0.6) is 0 Å². The first-order valence-electron chi connectivity index (χ1n) is 10.6. The largest absolute Gasteiger partial charge is 0.385 e. The Labute approximate surface area is 188 Å². The Balaban J connectivity index is 1.40. The summed E-state index contributed by atoms with van der Waals surface area (Å²) >= 11 is 0. The van der Waals surface area contributed by atoms with Crippen LogP contribution in [0.3, 0.4) is 0 Å². The molecular formula is C22H27N7O2S. The van der Waals surface area contributed by atoms with Gasteiger partial charge in [-0.2, -0.15) is 4.98 Å². The Bertz CT molecular complexity index is 1140. The number of anilines is 4. The summed E-state index contributed by atoms with van der Waals surface area (Å²) in [5.74, 6) is 0.832. The van der Waals surface area contributed by atoms with E-state index in [0.29, 0.717) is 29.2 Å². The Morgan fingerprint density at radius 1 is 1.06 bits per heavy atom. The molecule has 1 aliphatic rings. The summed E-state index contributed by atoms with van der Waals surface area (Å²) in [7, 11) is -3.60. The summed E-state index contributed by atoms with van der Waals surface area (Å²) in [4.78, 5) is 15.4. The third kappa shape index (κ3) is 6.14. The van der Waals surface area contributed by atoms with E-state index < -0.39 is 10.0 Å². The fourth-order valence-corrected chi connectivity index (χ4v) is 4.57. The number of nitrogens with one attached hydrogen (secondary N) is 2. The topological polar surface area (TPSA) is 126 Å². The second-order valence-corrected chi connectivity index (χ2v) is 9.43. The highest BCUT2D eigenvalue weighted by Crippen LogP contribution is 2.25. The minimum Gasteiger partial charge on any atom is -0.385 e. The van der Waals surface area contributed by atoms with E-state index in [2.05, 4.69) is 42.6 Å². The standard InChI is InChI=1S/C22H27N7O2S/c23-32(30,31)15-17-6-4-9-19(14-17)27-21-25-16-26-22(28-21)29-13-5-10-20(29)11-12-24-18-7-2-1-3-8-18/h1-4,6-9,14,16,20,24H,5,10-13,15H2,(H2,23,30,31)(H,25,26,27,28). The molecule has 1 fully saturated rings. The second-order valence-electron chi connectivity index (χ2n) is 7.81. The Hall–Kier alpha value is -3.24. The summed E-state index contributed by atoms with van der Waals surface area (Å²) in [6.45, 7) is 1.78. The monoisotopic (exact) mass is 453 g/mol. The van der Waals surface area contributed by atoms with Crippen LogP contribution < -0.4 is 20.7 Å². The molecule has 32 heavy (non-hydrogen) atoms. The van der Waals surface area contributed by atoms with Crippen molar-refractivity contribution in [2.24, 2.45) is 5.14 Å². The molecule has 1 atom stereocenters. The van der Waals surface area contributed by atoms with Crippen LogP contribution in [-0.4, -0.2) is 42.5 Å². The van der Waals surface area contributed by atoms with Crippen LogP contribution >= 0.6 is 0 Å². The average Bonchev–Trinajstić information content (AvgIpc) is 3.22. The fraction of sp³-hybridized carbons (Fsp3) is 0.318. The summed E-state index contributed by atoms with van der Waals surface area (Å²) in [5.41, 5.74) is 2.40. The van der Waals surface area contributed by atoms with Gasteiger partial charge in [0.25, 0.3) is 0 Å². The molecule has 0 amide bonds. The molecule has 4 N–H and O–H groups in total. The first-order chi connectivity index (χ1) is 15.5. The zero-order valence-corrected chi connectivity index (χ0v) is 18.5. The van der Waals surface area contributed by atoms with E-state index in [1.54, 1.807) is 18.2 Å². The Morgan fingerprint density at radius 3 is 2.69 bits per heavy atom. The van der Waals surface area contributed by atoms with Crippen molar-refractivity contribution in [2.75, 3.05) is 28.6 Å². The van der Waals surface area contributed by atoms with Gasteiger partial charge in [0.2, 0.25) is 21.9 Å². The highest BCUT2D eigenvalue weighted by atomic mass is 32.2. The molecule has 168 valence electrons. The fourth-order valence-electron chi connectivity index (χ4n) is 3.92. The lowest BCUT2D eigenvalue weighted by molar-refractivity contribution is 0.597. The van der Waals surface area contributed by atoms with Crippen LogP contribution in [0.4, 0.5) is 23.3 Å². The minimum absolute atomic E-state index is 0.225. The molecule has 1 unspecified atom stereocenters. The number of nitrogens with zero attached hydrogens (tertiary/aromatic N) is 4. The van der Waals surface area contributed by atoms with Gasteiger partial charge >= 0.3 is 0 Å². The van der Waals surface area contributed by atoms with Crippen LogP contribution in [0.25, 0.3) is 0 Å². The van der Waals surface area contributed by atoms with Gasteiger partial charge in [-0.15, -0.1) is 0 Å². The third-order valence-corrected chi connectivity index (χ3v) is 6.06. The van der Waals surface area contributed by atoms with Crippen molar-refractivity contribution in [3.63, 3.8) is 0 Å². The van der Waals surface area contributed by atoms with E-state index in [4.69, 9.17) is 5.14 Å². The summed E-state index contributed by atoms with van der Waals surface area (Å²) in [6, 6.07) is 17.6. The molecule has 0 saturated carbocycles. The maximum atomic E-state index is 11.4. The van der Waals surface area contributed by atoms with Crippen molar-refractivity contribution in [3.8, 4) is 0 Å². The van der Waals surface area contributed by atoms with E-state index >= 15 is 0 Å². The van der Waals surface area contributed by atoms with Gasteiger partial charge < -0.3 is 15.5 Å². The average molecular weight is 454 g/mol. The van der Waals surface area contributed by atoms with Crippen molar-refractivity contribution >= 4 is 33.3 Å². The van der Waals surface area contributed by atoms with Gasteiger partial charge in [-0.05, 0) is 49.1 Å². The number of rotatable bonds is 9. The Kier molecular flexibility index (Phi) is 6.81. The first-order valence-corrected chi connectivity index (χ1v) is 12.3. The number of benzene rings is 2. The number of hydrogen-bond donors (Lipinski definition) is 3. The molecule has 3 aromatic rings. The van der Waals surface area contributed by atoms with E-state index in [1.165, 1.54) is 6.33 Å². The number of nitrogens with two attached hydrogens (primary N) is 1. The van der Waals surface area contributed by atoms with Crippen LogP contribution in [0.15, 0.2) is 60.9 Å². The molecule has 4 rings (SSSR count). The highest BCUT2D eigenvalue weighted by molar-refractivity contribution is 7.88. The number of sulfonamides is 1. The molecule has 1 aromatic heterocycles. The molecule has 1 aliphatic heterocycles. The second kappa shape index (κ2) is 9.92. The lowest BCUT2D eigenvalue weighted by Gasteiger charge is -2.25. The lowest BCUT2D eigenvalue weighted by atomic mass is 10.1. The van der Waals surface area contributed by atoms with E-state index in [0.717, 1.165) is 38.0 Å². The molecule has 9 nitrogen and oxygen atoms in total. The molecule has 0 spiro atoms. The molecule has 0 bridgehead atoms. The van der Waals surface area contributed by atoms with E-state index in [9.17, 15) is 8.42 Å². The van der Waals surface area contributed by atoms with Crippen molar-refractivity contribution in [2.45, 2.75) is 31.1 Å². The van der Waals surface area contributed by atoms with Gasteiger partial charge in [0.1, 0.15) is 6.33 Å². The SMILES string of the molecule is NS(=O)(=O)Cc1cccc(Nc2ncnc(N3CCCC3CCNc3ccccc3)n2)c1. The zero-order valence-electron chi connectivity index (χ0n) is 17.7. The first kappa shape index (κ1) is 22.0. The number of para-hydroxylation sites is 1. The number of primary sulfonamides is 1. The highest BCUT2D eigenvalue weighted by Gasteiger charge is 2.26. The third-order valence-electron chi connectivity index (χ3n) is 5.32. The lowest BCUT2D eigenvalue weighted by Crippen LogP contribution is -2.32. The van der Waals surface area contributed by atoms with Gasteiger partial charge in [-0.3, -0.25) is 0 Å². The van der Waals surface area contributed by atoms with Gasteiger partial charge in [-0.25, -0.2) is 23.5 Å². The van der Waals surface area contributed by atoms with Crippen molar-refractivity contribution in [3.05, 3.63) is 66.5 Å². The van der Waals surface area contributed by atoms with Crippen LogP contribution in [0, 0.1) is 0 Å². The minimum atomic E-state index is -3.60. The molecule has 10 heteroatoms. The molecular weight excluding hydrogens is 426 g/mol. The van der Waals surface area contributed by atoms with Crippen molar-refractivity contribution in [1.82, 2.24) is 15.0 Å². The van der Waals surface area contributed by atoms with Gasteiger partial charge in [0.15, 0.2) is 0 Å². The van der Waals surface area contributed by atoms with E-state index in [1.807, 2.05) is 24.3 Å². The number of hydrogen-bond acceptors (Lipinski definition) is 8. The molecule has 0 radical (unpaired) electrons. The van der Waals surface area contributed by atoms with Crippen LogP contribution in [-0.2, 0) is 15.8 Å². The molecule has 1 saturated heterocycles. The van der Waals surface area contributed by atoms with Crippen LogP contribution in [0.1, 0.15) is 24.8 Å². The maximum absolute atomic E-state index is 11.4. The van der Waals surface area contributed by atoms with E-state index in [-0.39, 0.29) is 5.75 Å². The number of aromatic nitrogens is 3. The maximum Gasteiger partial charge on any atom is 0.231 e. The zero-order chi connectivity index (χ0) is 22.4. The molecule has 0 aliphatic carbocycles. The quantitative estimate of drug-likeness (QED) is 0.451. The van der Waals surface area contributed by atoms with Gasteiger partial charge in [0.05, 0.1) is 5.75 Å². The van der Waals surface area contributed by atoms with Gasteiger partial charge in [-0.1, -0.05) is 30.3 Å².